The molecule has 2 rings (SSSR count). The summed E-state index contributed by atoms with van der Waals surface area (Å²) in [5.74, 6) is 0. The zero-order valence-corrected chi connectivity index (χ0v) is 12.3. The summed E-state index contributed by atoms with van der Waals surface area (Å²) in [6.07, 6.45) is 10.4. The molecule has 1 aliphatic rings. The third kappa shape index (κ3) is 4.21. The molecule has 0 amide bonds. The Morgan fingerprint density at radius 1 is 1.21 bits per heavy atom. The molecular formula is C18H26O. The van der Waals surface area contributed by atoms with Crippen LogP contribution in [0.1, 0.15) is 64.0 Å². The van der Waals surface area contributed by atoms with Crippen LogP contribution in [-0.4, -0.2) is 6.10 Å². The van der Waals surface area contributed by atoms with E-state index in [0.717, 1.165) is 6.42 Å². The Kier molecular flexibility index (Phi) is 5.65. The van der Waals surface area contributed by atoms with Gasteiger partial charge in [-0.15, -0.1) is 0 Å². The first-order valence-electron chi connectivity index (χ1n) is 7.68. The number of ether oxygens (including phenoxy) is 1. The van der Waals surface area contributed by atoms with Crippen LogP contribution >= 0.6 is 0 Å². The first-order valence-corrected chi connectivity index (χ1v) is 7.68. The summed E-state index contributed by atoms with van der Waals surface area (Å²) >= 11 is 0. The fourth-order valence-electron chi connectivity index (χ4n) is 2.90. The maximum Gasteiger partial charge on any atom is 0.104 e. The second-order valence-corrected chi connectivity index (χ2v) is 5.54. The molecule has 1 atom stereocenters. The van der Waals surface area contributed by atoms with E-state index in [1.807, 2.05) is 0 Å². The van der Waals surface area contributed by atoms with Crippen molar-refractivity contribution in [1.82, 2.24) is 0 Å². The van der Waals surface area contributed by atoms with Crippen molar-refractivity contribution < 1.29 is 4.74 Å². The zero-order valence-electron chi connectivity index (χ0n) is 12.3. The van der Waals surface area contributed by atoms with E-state index in [1.165, 1.54) is 43.2 Å². The van der Waals surface area contributed by atoms with Gasteiger partial charge in [0.2, 0.25) is 0 Å². The quantitative estimate of drug-likeness (QED) is 0.639. The van der Waals surface area contributed by atoms with E-state index in [2.05, 4.69) is 50.3 Å². The molecule has 1 aromatic carbocycles. The highest BCUT2D eigenvalue weighted by Crippen LogP contribution is 2.31. The molecule has 1 nitrogen and oxygen atoms in total. The average Bonchev–Trinajstić information content (AvgIpc) is 2.47. The molecule has 0 spiro atoms. The van der Waals surface area contributed by atoms with Crippen molar-refractivity contribution >= 4 is 0 Å². The molecule has 104 valence electrons. The van der Waals surface area contributed by atoms with Crippen LogP contribution in [-0.2, 0) is 4.74 Å². The third-order valence-electron chi connectivity index (χ3n) is 3.92. The summed E-state index contributed by atoms with van der Waals surface area (Å²) in [5.41, 5.74) is 2.63. The normalized spacial score (nSPS) is 19.4. The predicted molar refractivity (Wildman–Crippen MR) is 81.2 cm³/mol. The monoisotopic (exact) mass is 258 g/mol. The summed E-state index contributed by atoms with van der Waals surface area (Å²) in [7, 11) is 0. The Hall–Kier alpha value is -1.08. The Morgan fingerprint density at radius 2 is 1.89 bits per heavy atom. The number of benzene rings is 1. The molecule has 0 N–H and O–H groups in total. The molecule has 1 heteroatoms. The molecule has 1 aromatic rings. The van der Waals surface area contributed by atoms with E-state index in [0.29, 0.717) is 6.10 Å². The van der Waals surface area contributed by atoms with E-state index in [4.69, 9.17) is 4.74 Å². The summed E-state index contributed by atoms with van der Waals surface area (Å²) in [5, 5.41) is 0. The lowest BCUT2D eigenvalue weighted by Crippen LogP contribution is -2.20. The van der Waals surface area contributed by atoms with Crippen LogP contribution in [0.3, 0.4) is 0 Å². The summed E-state index contributed by atoms with van der Waals surface area (Å²) in [6.45, 7) is 4.39. The van der Waals surface area contributed by atoms with Crippen molar-refractivity contribution in [3.05, 3.63) is 47.5 Å². The number of allylic oxidation sites excluding steroid dienone is 1. The van der Waals surface area contributed by atoms with E-state index in [9.17, 15) is 0 Å². The van der Waals surface area contributed by atoms with Crippen LogP contribution in [0.15, 0.2) is 42.0 Å². The van der Waals surface area contributed by atoms with Gasteiger partial charge in [0.15, 0.2) is 0 Å². The molecule has 0 radical (unpaired) electrons. The average molecular weight is 258 g/mol. The molecule has 19 heavy (non-hydrogen) atoms. The smallest absolute Gasteiger partial charge is 0.104 e. The fraction of sp³-hybridized carbons (Fsp3) is 0.556. The van der Waals surface area contributed by atoms with Crippen molar-refractivity contribution in [2.24, 2.45) is 0 Å². The van der Waals surface area contributed by atoms with Gasteiger partial charge in [-0.1, -0.05) is 62.6 Å². The van der Waals surface area contributed by atoms with Gasteiger partial charge in [0.25, 0.3) is 0 Å². The Morgan fingerprint density at radius 3 is 2.53 bits per heavy atom. The molecular weight excluding hydrogens is 232 g/mol. The SMILES string of the molecule is CC/C=C(\C)C(OC1CCCCC1)c1ccccc1. The fourth-order valence-corrected chi connectivity index (χ4v) is 2.90. The standard InChI is InChI=1S/C18H26O/c1-3-10-15(2)18(16-11-6-4-7-12-16)19-17-13-8-5-9-14-17/h4,6-7,10-12,17-18H,3,5,8-9,13-14H2,1-2H3/b15-10+. The van der Waals surface area contributed by atoms with Crippen molar-refractivity contribution in [2.75, 3.05) is 0 Å². The third-order valence-corrected chi connectivity index (χ3v) is 3.92. The van der Waals surface area contributed by atoms with Crippen LogP contribution in [0.25, 0.3) is 0 Å². The van der Waals surface area contributed by atoms with Gasteiger partial charge in [-0.25, -0.2) is 0 Å². The molecule has 0 aromatic heterocycles. The van der Waals surface area contributed by atoms with E-state index in [-0.39, 0.29) is 6.10 Å². The molecule has 1 aliphatic carbocycles. The minimum Gasteiger partial charge on any atom is -0.366 e. The number of hydrogen-bond acceptors (Lipinski definition) is 1. The van der Waals surface area contributed by atoms with Gasteiger partial charge in [-0.2, -0.15) is 0 Å². The highest BCUT2D eigenvalue weighted by atomic mass is 16.5. The minimum absolute atomic E-state index is 0.143. The number of hydrogen-bond donors (Lipinski definition) is 0. The van der Waals surface area contributed by atoms with Gasteiger partial charge in [0.1, 0.15) is 6.10 Å². The van der Waals surface area contributed by atoms with Gasteiger partial charge in [0, 0.05) is 0 Å². The Bertz CT molecular complexity index is 387. The highest BCUT2D eigenvalue weighted by molar-refractivity contribution is 5.25. The lowest BCUT2D eigenvalue weighted by molar-refractivity contribution is -0.0138. The van der Waals surface area contributed by atoms with Crippen molar-refractivity contribution in [1.29, 1.82) is 0 Å². The van der Waals surface area contributed by atoms with E-state index < -0.39 is 0 Å². The van der Waals surface area contributed by atoms with Crippen molar-refractivity contribution in [2.45, 2.75) is 64.6 Å². The van der Waals surface area contributed by atoms with E-state index in [1.54, 1.807) is 0 Å². The number of rotatable bonds is 5. The van der Waals surface area contributed by atoms with Crippen LogP contribution in [0.4, 0.5) is 0 Å². The molecule has 1 saturated carbocycles. The minimum atomic E-state index is 0.143. The molecule has 1 fully saturated rings. The predicted octanol–water partition coefficient (Wildman–Crippen LogP) is 5.43. The summed E-state index contributed by atoms with van der Waals surface area (Å²) in [6, 6.07) is 10.6. The molecule has 0 aliphatic heterocycles. The van der Waals surface area contributed by atoms with Crippen molar-refractivity contribution in [3.8, 4) is 0 Å². The van der Waals surface area contributed by atoms with Gasteiger partial charge in [-0.05, 0) is 37.3 Å². The molecule has 0 bridgehead atoms. The lowest BCUT2D eigenvalue weighted by atomic mass is 9.96. The summed E-state index contributed by atoms with van der Waals surface area (Å²) < 4.78 is 6.42. The molecule has 1 unspecified atom stereocenters. The highest BCUT2D eigenvalue weighted by Gasteiger charge is 2.21. The van der Waals surface area contributed by atoms with Gasteiger partial charge in [-0.3, -0.25) is 0 Å². The molecule has 0 heterocycles. The van der Waals surface area contributed by atoms with Crippen molar-refractivity contribution in [3.63, 3.8) is 0 Å². The second kappa shape index (κ2) is 7.49. The topological polar surface area (TPSA) is 9.23 Å². The molecule has 0 saturated heterocycles. The van der Waals surface area contributed by atoms with Gasteiger partial charge < -0.3 is 4.74 Å². The maximum atomic E-state index is 6.42. The Balaban J connectivity index is 2.12. The van der Waals surface area contributed by atoms with Crippen LogP contribution < -0.4 is 0 Å². The second-order valence-electron chi connectivity index (χ2n) is 5.54. The van der Waals surface area contributed by atoms with Crippen LogP contribution in [0, 0.1) is 0 Å². The van der Waals surface area contributed by atoms with Gasteiger partial charge in [0.05, 0.1) is 6.10 Å². The van der Waals surface area contributed by atoms with Crippen LogP contribution in [0.2, 0.25) is 0 Å². The first kappa shape index (κ1) is 14.3. The summed E-state index contributed by atoms with van der Waals surface area (Å²) in [4.78, 5) is 0. The van der Waals surface area contributed by atoms with Gasteiger partial charge >= 0.3 is 0 Å². The Labute approximate surface area is 117 Å². The maximum absolute atomic E-state index is 6.42. The lowest BCUT2D eigenvalue weighted by Gasteiger charge is -2.28. The van der Waals surface area contributed by atoms with E-state index >= 15 is 0 Å². The largest absolute Gasteiger partial charge is 0.366 e. The van der Waals surface area contributed by atoms with Crippen LogP contribution in [0.5, 0.6) is 0 Å². The zero-order chi connectivity index (χ0) is 13.5. The first-order chi connectivity index (χ1) is 9.31.